The van der Waals surface area contributed by atoms with Gasteiger partial charge in [0.05, 0.1) is 7.11 Å². The Balaban J connectivity index is 1.89. The number of hydrogen-bond acceptors (Lipinski definition) is 4. The number of anilines is 1. The van der Waals surface area contributed by atoms with E-state index in [2.05, 4.69) is 50.9 Å². The summed E-state index contributed by atoms with van der Waals surface area (Å²) >= 11 is 2.06. The Hall–Kier alpha value is -1.89. The molecule has 0 saturated carbocycles. The number of rotatable bonds is 4. The summed E-state index contributed by atoms with van der Waals surface area (Å²) < 4.78 is 4.59. The molecule has 0 aromatic heterocycles. The van der Waals surface area contributed by atoms with Gasteiger partial charge in [0.1, 0.15) is 0 Å². The van der Waals surface area contributed by atoms with Gasteiger partial charge in [-0.2, -0.15) is 11.8 Å². The molecule has 1 aliphatic rings. The zero-order valence-corrected chi connectivity index (χ0v) is 16.2. The Kier molecular flexibility index (Phi) is 7.43. The molecule has 6 nitrogen and oxygen atoms in total. The predicted molar refractivity (Wildman–Crippen MR) is 105 cm³/mol. The average Bonchev–Trinajstić information content (AvgIpc) is 2.63. The van der Waals surface area contributed by atoms with Crippen LogP contribution >= 0.6 is 11.8 Å². The zero-order chi connectivity index (χ0) is 18.2. The van der Waals surface area contributed by atoms with Crippen LogP contribution in [0.2, 0.25) is 0 Å². The van der Waals surface area contributed by atoms with Gasteiger partial charge in [0.25, 0.3) is 0 Å². The van der Waals surface area contributed by atoms with Crippen molar-refractivity contribution in [2.24, 2.45) is 10.9 Å². The smallest absolute Gasteiger partial charge is 0.411 e. The Bertz CT molecular complexity index is 589. The van der Waals surface area contributed by atoms with E-state index in [9.17, 15) is 4.79 Å². The van der Waals surface area contributed by atoms with Gasteiger partial charge in [-0.3, -0.25) is 10.3 Å². The largest absolute Gasteiger partial charge is 0.453 e. The van der Waals surface area contributed by atoms with Crippen LogP contribution in [0.25, 0.3) is 0 Å². The van der Waals surface area contributed by atoms with E-state index in [-0.39, 0.29) is 0 Å². The number of carbonyl (C=O) groups excluding carboxylic acids is 1. The minimum Gasteiger partial charge on any atom is -0.453 e. The zero-order valence-electron chi connectivity index (χ0n) is 15.4. The Morgan fingerprint density at radius 3 is 2.72 bits per heavy atom. The van der Waals surface area contributed by atoms with Crippen molar-refractivity contribution in [3.8, 4) is 0 Å². The average molecular weight is 365 g/mol. The number of nitrogens with zero attached hydrogens (tertiary/aromatic N) is 2. The summed E-state index contributed by atoms with van der Waals surface area (Å²) in [6.45, 7) is 7.31. The molecule has 0 radical (unpaired) electrons. The minimum absolute atomic E-state index is 0.464. The van der Waals surface area contributed by atoms with Gasteiger partial charge in [-0.1, -0.05) is 26.0 Å². The van der Waals surface area contributed by atoms with Crippen LogP contribution in [-0.4, -0.2) is 55.2 Å². The molecule has 1 heterocycles. The fourth-order valence-corrected chi connectivity index (χ4v) is 3.96. The fraction of sp³-hybridized carbons (Fsp3) is 0.556. The van der Waals surface area contributed by atoms with E-state index in [1.165, 1.54) is 7.11 Å². The van der Waals surface area contributed by atoms with Crippen molar-refractivity contribution in [2.75, 3.05) is 38.3 Å². The number of benzene rings is 1. The fourth-order valence-electron chi connectivity index (χ4n) is 2.66. The van der Waals surface area contributed by atoms with Gasteiger partial charge in [0.2, 0.25) is 0 Å². The number of thioether (sulfide) groups is 1. The van der Waals surface area contributed by atoms with Gasteiger partial charge in [-0.15, -0.1) is 0 Å². The lowest BCUT2D eigenvalue weighted by atomic mass is 10.1. The van der Waals surface area contributed by atoms with Gasteiger partial charge in [0, 0.05) is 43.4 Å². The Labute approximate surface area is 154 Å². The van der Waals surface area contributed by atoms with Crippen molar-refractivity contribution in [1.29, 1.82) is 0 Å². The third kappa shape index (κ3) is 5.85. The van der Waals surface area contributed by atoms with E-state index >= 15 is 0 Å². The molecule has 1 aliphatic heterocycles. The number of amides is 1. The molecule has 1 aromatic rings. The molecule has 0 bridgehead atoms. The van der Waals surface area contributed by atoms with Crippen LogP contribution in [0.15, 0.2) is 29.3 Å². The summed E-state index contributed by atoms with van der Waals surface area (Å²) in [7, 11) is 3.18. The van der Waals surface area contributed by atoms with E-state index in [4.69, 9.17) is 0 Å². The number of hydrogen-bond donors (Lipinski definition) is 2. The molecule has 1 fully saturated rings. The SMILES string of the molecule is CN=C(NCc1ccc(NC(=O)OC)cc1)N1CCSC(C(C)C)C1. The topological polar surface area (TPSA) is 66.0 Å². The maximum Gasteiger partial charge on any atom is 0.411 e. The molecule has 25 heavy (non-hydrogen) atoms. The summed E-state index contributed by atoms with van der Waals surface area (Å²) in [6.07, 6.45) is -0.464. The van der Waals surface area contributed by atoms with Crippen LogP contribution in [0, 0.1) is 5.92 Å². The molecule has 1 saturated heterocycles. The van der Waals surface area contributed by atoms with Crippen molar-refractivity contribution in [2.45, 2.75) is 25.6 Å². The monoisotopic (exact) mass is 364 g/mol. The van der Waals surface area contributed by atoms with Crippen molar-refractivity contribution >= 4 is 29.5 Å². The van der Waals surface area contributed by atoms with Crippen molar-refractivity contribution < 1.29 is 9.53 Å². The predicted octanol–water partition coefficient (Wildman–Crippen LogP) is 3.01. The summed E-state index contributed by atoms with van der Waals surface area (Å²) in [4.78, 5) is 18.0. The molecular formula is C18H28N4O2S. The number of carbonyl (C=O) groups is 1. The first-order chi connectivity index (χ1) is 12.0. The third-order valence-corrected chi connectivity index (χ3v) is 5.72. The van der Waals surface area contributed by atoms with Crippen molar-refractivity contribution in [3.05, 3.63) is 29.8 Å². The molecule has 2 N–H and O–H groups in total. The number of ether oxygens (including phenoxy) is 1. The third-order valence-electron chi connectivity index (χ3n) is 4.18. The van der Waals surface area contributed by atoms with E-state index < -0.39 is 6.09 Å². The molecule has 0 aliphatic carbocycles. The van der Waals surface area contributed by atoms with Gasteiger partial charge < -0.3 is 15.0 Å². The quantitative estimate of drug-likeness (QED) is 0.635. The highest BCUT2D eigenvalue weighted by atomic mass is 32.2. The summed E-state index contributed by atoms with van der Waals surface area (Å²) in [5, 5.41) is 6.74. The molecule has 0 spiro atoms. The first-order valence-electron chi connectivity index (χ1n) is 8.54. The van der Waals surface area contributed by atoms with Gasteiger partial charge in [-0.25, -0.2) is 4.79 Å². The molecule has 1 amide bonds. The number of nitrogens with one attached hydrogen (secondary N) is 2. The van der Waals surface area contributed by atoms with Crippen molar-refractivity contribution in [1.82, 2.24) is 10.2 Å². The lowest BCUT2D eigenvalue weighted by Gasteiger charge is -2.36. The molecule has 1 unspecified atom stereocenters. The lowest BCUT2D eigenvalue weighted by Crippen LogP contribution is -2.48. The maximum atomic E-state index is 11.2. The van der Waals surface area contributed by atoms with Crippen LogP contribution in [0.5, 0.6) is 0 Å². The van der Waals surface area contributed by atoms with E-state index in [1.807, 2.05) is 31.3 Å². The van der Waals surface area contributed by atoms with Gasteiger partial charge in [0.15, 0.2) is 5.96 Å². The van der Waals surface area contributed by atoms with Crippen LogP contribution in [0.3, 0.4) is 0 Å². The van der Waals surface area contributed by atoms with E-state index in [0.717, 1.165) is 30.4 Å². The van der Waals surface area contributed by atoms with E-state index in [0.29, 0.717) is 23.4 Å². The second-order valence-electron chi connectivity index (χ2n) is 6.31. The lowest BCUT2D eigenvalue weighted by molar-refractivity contribution is 0.187. The summed E-state index contributed by atoms with van der Waals surface area (Å²) in [6, 6.07) is 7.69. The Morgan fingerprint density at radius 2 is 2.12 bits per heavy atom. The molecule has 1 atom stereocenters. The summed E-state index contributed by atoms with van der Waals surface area (Å²) in [5.41, 5.74) is 1.84. The van der Waals surface area contributed by atoms with Crippen LogP contribution in [0.4, 0.5) is 10.5 Å². The molecule has 7 heteroatoms. The van der Waals surface area contributed by atoms with Gasteiger partial charge >= 0.3 is 6.09 Å². The van der Waals surface area contributed by atoms with Crippen molar-refractivity contribution in [3.63, 3.8) is 0 Å². The molecule has 1 aromatic carbocycles. The van der Waals surface area contributed by atoms with E-state index in [1.54, 1.807) is 0 Å². The highest BCUT2D eigenvalue weighted by Crippen LogP contribution is 2.24. The van der Waals surface area contributed by atoms with Crippen LogP contribution in [-0.2, 0) is 11.3 Å². The minimum atomic E-state index is -0.464. The summed E-state index contributed by atoms with van der Waals surface area (Å²) in [5.74, 6) is 2.75. The second-order valence-corrected chi connectivity index (χ2v) is 7.66. The standard InChI is InChI=1S/C18H28N4O2S/c1-13(2)16-12-22(9-10-25-16)17(19-3)20-11-14-5-7-15(8-6-14)21-18(23)24-4/h5-8,13,16H,9-12H2,1-4H3,(H,19,20)(H,21,23). The number of methoxy groups -OCH3 is 1. The van der Waals surface area contributed by atoms with Crippen LogP contribution in [0.1, 0.15) is 19.4 Å². The normalized spacial score (nSPS) is 18.2. The van der Waals surface area contributed by atoms with Crippen LogP contribution < -0.4 is 10.6 Å². The highest BCUT2D eigenvalue weighted by Gasteiger charge is 2.24. The maximum absolute atomic E-state index is 11.2. The second kappa shape index (κ2) is 9.56. The highest BCUT2D eigenvalue weighted by molar-refractivity contribution is 8.00. The first kappa shape index (κ1) is 19.4. The molecule has 138 valence electrons. The molecular weight excluding hydrogens is 336 g/mol. The molecule has 2 rings (SSSR count). The Morgan fingerprint density at radius 1 is 1.40 bits per heavy atom. The van der Waals surface area contributed by atoms with Gasteiger partial charge in [-0.05, 0) is 23.6 Å². The number of aliphatic imine (C=N–C) groups is 1. The first-order valence-corrected chi connectivity index (χ1v) is 9.59. The number of guanidine groups is 1.